The average molecular weight is 306 g/mol. The number of anilines is 1. The Hall–Kier alpha value is -2.54. The van der Waals surface area contributed by atoms with E-state index in [9.17, 15) is 9.18 Å². The summed E-state index contributed by atoms with van der Waals surface area (Å²) >= 11 is 5.94. The van der Waals surface area contributed by atoms with Crippen molar-refractivity contribution in [1.82, 2.24) is 19.9 Å². The van der Waals surface area contributed by atoms with E-state index in [4.69, 9.17) is 11.6 Å². The van der Waals surface area contributed by atoms with Crippen LogP contribution in [0.15, 0.2) is 30.6 Å². The summed E-state index contributed by atoms with van der Waals surface area (Å²) in [6, 6.07) is 6.06. The van der Waals surface area contributed by atoms with Gasteiger partial charge in [0, 0.05) is 0 Å². The van der Waals surface area contributed by atoms with Gasteiger partial charge in [-0.15, -0.1) is 0 Å². The number of nitrogens with one attached hydrogen (secondary N) is 2. The number of halogens is 2. The predicted molar refractivity (Wildman–Crippen MR) is 75.4 cm³/mol. The second kappa shape index (κ2) is 5.45. The maximum absolute atomic E-state index is 13.5. The van der Waals surface area contributed by atoms with Gasteiger partial charge in [0.2, 0.25) is 11.9 Å². The topological polar surface area (TPSA) is 83.6 Å². The quantitative estimate of drug-likeness (QED) is 0.727. The molecule has 2 N–H and O–H groups in total. The first-order valence-electron chi connectivity index (χ1n) is 6.03. The van der Waals surface area contributed by atoms with E-state index < -0.39 is 11.7 Å². The van der Waals surface area contributed by atoms with Crippen LogP contribution in [-0.2, 0) is 11.2 Å². The fourth-order valence-corrected chi connectivity index (χ4v) is 2.06. The van der Waals surface area contributed by atoms with E-state index in [0.29, 0.717) is 16.7 Å². The molecule has 1 aromatic carbocycles. The molecule has 0 saturated carbocycles. The van der Waals surface area contributed by atoms with Crippen LogP contribution in [0.2, 0.25) is 5.15 Å². The number of hydrogen-bond acceptors (Lipinski definition) is 4. The highest BCUT2D eigenvalue weighted by Gasteiger charge is 2.12. The summed E-state index contributed by atoms with van der Waals surface area (Å²) in [5.74, 6) is -0.846. The largest absolute Gasteiger partial charge is 0.341 e. The molecule has 8 heteroatoms. The Kier molecular flexibility index (Phi) is 3.49. The first-order chi connectivity index (χ1) is 10.1. The Morgan fingerprint density at radius 3 is 2.95 bits per heavy atom. The molecule has 0 aliphatic heterocycles. The van der Waals surface area contributed by atoms with Crippen molar-refractivity contribution in [3.8, 4) is 0 Å². The number of aromatic amines is 1. The van der Waals surface area contributed by atoms with Crippen LogP contribution >= 0.6 is 11.6 Å². The van der Waals surface area contributed by atoms with Crippen molar-refractivity contribution in [3.63, 3.8) is 0 Å². The number of rotatable bonds is 3. The van der Waals surface area contributed by atoms with Crippen LogP contribution in [0.1, 0.15) is 5.56 Å². The number of carbonyl (C=O) groups is 1. The molecular formula is C13H9ClFN5O. The molecule has 0 aliphatic carbocycles. The van der Waals surface area contributed by atoms with Crippen LogP contribution in [0.5, 0.6) is 0 Å². The van der Waals surface area contributed by atoms with Gasteiger partial charge in [-0.1, -0.05) is 29.8 Å². The van der Waals surface area contributed by atoms with Gasteiger partial charge in [0.25, 0.3) is 0 Å². The van der Waals surface area contributed by atoms with Gasteiger partial charge < -0.3 is 4.98 Å². The van der Waals surface area contributed by atoms with Gasteiger partial charge in [0.15, 0.2) is 10.8 Å². The van der Waals surface area contributed by atoms with E-state index in [1.165, 1.54) is 12.4 Å². The Morgan fingerprint density at radius 1 is 1.33 bits per heavy atom. The minimum atomic E-state index is -0.439. The number of benzene rings is 1. The number of nitrogens with zero attached hydrogens (tertiary/aromatic N) is 3. The maximum Gasteiger partial charge on any atom is 0.233 e. The van der Waals surface area contributed by atoms with Crippen LogP contribution in [0.25, 0.3) is 11.2 Å². The smallest absolute Gasteiger partial charge is 0.233 e. The summed E-state index contributed by atoms with van der Waals surface area (Å²) in [7, 11) is 0. The van der Waals surface area contributed by atoms with E-state index in [2.05, 4.69) is 25.3 Å². The number of imidazole rings is 1. The van der Waals surface area contributed by atoms with Crippen LogP contribution < -0.4 is 5.32 Å². The van der Waals surface area contributed by atoms with Gasteiger partial charge in [0.05, 0.1) is 12.7 Å². The molecule has 0 unspecified atom stereocenters. The fraction of sp³-hybridized carbons (Fsp3) is 0.0769. The summed E-state index contributed by atoms with van der Waals surface area (Å²) in [5, 5.41) is 2.63. The van der Waals surface area contributed by atoms with E-state index in [0.717, 1.165) is 0 Å². The number of carbonyl (C=O) groups excluding carboxylic acids is 1. The number of fused-ring (bicyclic) bond motifs is 1. The fourth-order valence-electron chi connectivity index (χ4n) is 1.84. The lowest BCUT2D eigenvalue weighted by Crippen LogP contribution is -2.17. The predicted octanol–water partition coefficient (Wildman–Crippen LogP) is 2.33. The number of H-pyrrole nitrogens is 1. The third-order valence-electron chi connectivity index (χ3n) is 2.80. The van der Waals surface area contributed by atoms with Gasteiger partial charge in [0.1, 0.15) is 11.3 Å². The van der Waals surface area contributed by atoms with E-state index in [-0.39, 0.29) is 17.5 Å². The van der Waals surface area contributed by atoms with Crippen LogP contribution in [0.3, 0.4) is 0 Å². The lowest BCUT2D eigenvalue weighted by Gasteiger charge is -2.05. The van der Waals surface area contributed by atoms with Crippen molar-refractivity contribution >= 4 is 34.6 Å². The van der Waals surface area contributed by atoms with Gasteiger partial charge in [-0.2, -0.15) is 9.97 Å². The molecule has 0 atom stereocenters. The number of amides is 1. The van der Waals surface area contributed by atoms with Crippen LogP contribution in [0.4, 0.5) is 10.3 Å². The third kappa shape index (κ3) is 2.82. The molecule has 0 spiro atoms. The summed E-state index contributed by atoms with van der Waals surface area (Å²) in [6.07, 6.45) is 1.31. The molecule has 0 aliphatic rings. The molecular weight excluding hydrogens is 297 g/mol. The Balaban J connectivity index is 1.78. The zero-order chi connectivity index (χ0) is 14.8. The van der Waals surface area contributed by atoms with Gasteiger partial charge in [-0.3, -0.25) is 10.1 Å². The number of aromatic nitrogens is 4. The van der Waals surface area contributed by atoms with Crippen LogP contribution in [-0.4, -0.2) is 25.8 Å². The SMILES string of the molecule is O=C(Cc1ccccc1F)Nc1nc(Cl)c2[nH]cnc2n1. The van der Waals surface area contributed by atoms with Gasteiger partial charge in [-0.05, 0) is 11.6 Å². The molecule has 0 bridgehead atoms. The second-order valence-corrected chi connectivity index (χ2v) is 4.61. The molecule has 3 rings (SSSR count). The van der Waals surface area contributed by atoms with Crippen molar-refractivity contribution in [2.24, 2.45) is 0 Å². The average Bonchev–Trinajstić information content (AvgIpc) is 2.90. The van der Waals surface area contributed by atoms with E-state index in [1.807, 2.05) is 0 Å². The standard InChI is InChI=1S/C13H9ClFN5O/c14-11-10-12(17-6-16-10)20-13(19-11)18-9(21)5-7-3-1-2-4-8(7)15/h1-4,6H,5H2,(H2,16,17,18,19,20,21). The van der Waals surface area contributed by atoms with Crippen molar-refractivity contribution in [1.29, 1.82) is 0 Å². The summed E-state index contributed by atoms with van der Waals surface area (Å²) in [6.45, 7) is 0. The molecule has 6 nitrogen and oxygen atoms in total. The summed E-state index contributed by atoms with van der Waals surface area (Å²) < 4.78 is 13.5. The highest BCUT2D eigenvalue weighted by atomic mass is 35.5. The van der Waals surface area contributed by atoms with Gasteiger partial charge in [-0.25, -0.2) is 9.37 Å². The van der Waals surface area contributed by atoms with Crippen molar-refractivity contribution in [3.05, 3.63) is 47.1 Å². The molecule has 0 radical (unpaired) electrons. The maximum atomic E-state index is 13.5. The third-order valence-corrected chi connectivity index (χ3v) is 3.08. The zero-order valence-corrected chi connectivity index (χ0v) is 11.4. The van der Waals surface area contributed by atoms with Crippen molar-refractivity contribution in [2.45, 2.75) is 6.42 Å². The molecule has 106 valence electrons. The zero-order valence-electron chi connectivity index (χ0n) is 10.6. The van der Waals surface area contributed by atoms with Crippen molar-refractivity contribution < 1.29 is 9.18 Å². The lowest BCUT2D eigenvalue weighted by molar-refractivity contribution is -0.115. The minimum Gasteiger partial charge on any atom is -0.341 e. The van der Waals surface area contributed by atoms with Gasteiger partial charge >= 0.3 is 0 Å². The van der Waals surface area contributed by atoms with E-state index in [1.54, 1.807) is 18.2 Å². The monoisotopic (exact) mass is 305 g/mol. The molecule has 1 amide bonds. The Labute approximate surface area is 123 Å². The summed E-state index contributed by atoms with van der Waals surface area (Å²) in [4.78, 5) is 26.6. The van der Waals surface area contributed by atoms with Crippen LogP contribution in [0, 0.1) is 5.82 Å². The molecule has 0 saturated heterocycles. The Bertz CT molecular complexity index is 819. The second-order valence-electron chi connectivity index (χ2n) is 4.26. The first-order valence-corrected chi connectivity index (χ1v) is 6.41. The lowest BCUT2D eigenvalue weighted by atomic mass is 10.1. The Morgan fingerprint density at radius 2 is 2.14 bits per heavy atom. The molecule has 2 aromatic heterocycles. The highest BCUT2D eigenvalue weighted by molar-refractivity contribution is 6.33. The molecule has 3 aromatic rings. The first kappa shape index (κ1) is 13.4. The highest BCUT2D eigenvalue weighted by Crippen LogP contribution is 2.18. The van der Waals surface area contributed by atoms with E-state index >= 15 is 0 Å². The molecule has 21 heavy (non-hydrogen) atoms. The normalized spacial score (nSPS) is 10.8. The van der Waals surface area contributed by atoms with Crippen molar-refractivity contribution in [2.75, 3.05) is 5.32 Å². The minimum absolute atomic E-state index is 0.0286. The summed E-state index contributed by atoms with van der Waals surface area (Å²) in [5.41, 5.74) is 1.13. The molecule has 2 heterocycles. The molecule has 0 fully saturated rings. The number of hydrogen-bond donors (Lipinski definition) is 2.